The first-order valence-electron chi connectivity index (χ1n) is 9.23. The SMILES string of the molecule is COC1CCN(C(=O)c2cc(-c3ccc(C)cc3)nc3onc(C)c23)CC1. The Morgan fingerprint density at radius 3 is 2.56 bits per heavy atom. The van der Waals surface area contributed by atoms with Crippen molar-refractivity contribution in [3.63, 3.8) is 0 Å². The van der Waals surface area contributed by atoms with Crippen molar-refractivity contribution in [2.75, 3.05) is 20.2 Å². The molecule has 6 heteroatoms. The molecule has 0 N–H and O–H groups in total. The van der Waals surface area contributed by atoms with E-state index in [9.17, 15) is 4.79 Å². The van der Waals surface area contributed by atoms with E-state index in [0.717, 1.165) is 18.4 Å². The number of piperidine rings is 1. The smallest absolute Gasteiger partial charge is 0.259 e. The van der Waals surface area contributed by atoms with Crippen LogP contribution in [0.3, 0.4) is 0 Å². The predicted molar refractivity (Wildman–Crippen MR) is 103 cm³/mol. The average Bonchev–Trinajstić information content (AvgIpc) is 3.08. The first-order valence-corrected chi connectivity index (χ1v) is 9.23. The van der Waals surface area contributed by atoms with Crippen molar-refractivity contribution >= 4 is 17.0 Å². The normalized spacial score (nSPS) is 15.4. The summed E-state index contributed by atoms with van der Waals surface area (Å²) in [6.45, 7) is 5.25. The van der Waals surface area contributed by atoms with Gasteiger partial charge in [0.2, 0.25) is 0 Å². The van der Waals surface area contributed by atoms with Gasteiger partial charge in [0.1, 0.15) is 0 Å². The van der Waals surface area contributed by atoms with Crippen LogP contribution in [0.25, 0.3) is 22.4 Å². The Labute approximate surface area is 158 Å². The van der Waals surface area contributed by atoms with Crippen molar-refractivity contribution in [3.05, 3.63) is 47.2 Å². The summed E-state index contributed by atoms with van der Waals surface area (Å²) in [4.78, 5) is 19.8. The van der Waals surface area contributed by atoms with Crippen molar-refractivity contribution in [1.82, 2.24) is 15.0 Å². The average molecular weight is 365 g/mol. The Morgan fingerprint density at radius 2 is 1.89 bits per heavy atom. The van der Waals surface area contributed by atoms with Crippen LogP contribution in [-0.2, 0) is 4.74 Å². The molecule has 4 rings (SSSR count). The monoisotopic (exact) mass is 365 g/mol. The van der Waals surface area contributed by atoms with Crippen LogP contribution in [0.4, 0.5) is 0 Å². The lowest BCUT2D eigenvalue weighted by Gasteiger charge is -2.31. The molecule has 2 aromatic heterocycles. The van der Waals surface area contributed by atoms with Crippen LogP contribution in [0.1, 0.15) is 34.5 Å². The quantitative estimate of drug-likeness (QED) is 0.707. The molecule has 3 aromatic rings. The lowest BCUT2D eigenvalue weighted by molar-refractivity contribution is 0.0352. The Balaban J connectivity index is 1.75. The van der Waals surface area contributed by atoms with Gasteiger partial charge in [-0.25, -0.2) is 4.98 Å². The van der Waals surface area contributed by atoms with E-state index >= 15 is 0 Å². The van der Waals surface area contributed by atoms with E-state index in [1.807, 2.05) is 49.1 Å². The number of fused-ring (bicyclic) bond motifs is 1. The molecule has 0 atom stereocenters. The molecule has 0 aliphatic carbocycles. The maximum absolute atomic E-state index is 13.3. The molecule has 0 saturated carbocycles. The largest absolute Gasteiger partial charge is 0.381 e. The van der Waals surface area contributed by atoms with Crippen molar-refractivity contribution in [1.29, 1.82) is 0 Å². The van der Waals surface area contributed by atoms with Gasteiger partial charge >= 0.3 is 0 Å². The maximum atomic E-state index is 13.3. The number of benzene rings is 1. The summed E-state index contributed by atoms with van der Waals surface area (Å²) < 4.78 is 10.8. The molecule has 1 amide bonds. The van der Waals surface area contributed by atoms with E-state index in [0.29, 0.717) is 41.1 Å². The van der Waals surface area contributed by atoms with Crippen LogP contribution >= 0.6 is 0 Å². The van der Waals surface area contributed by atoms with Crippen LogP contribution in [0.15, 0.2) is 34.9 Å². The van der Waals surface area contributed by atoms with Gasteiger partial charge in [-0.05, 0) is 32.8 Å². The minimum Gasteiger partial charge on any atom is -0.381 e. The number of aromatic nitrogens is 2. The van der Waals surface area contributed by atoms with E-state index in [1.54, 1.807) is 7.11 Å². The molecule has 0 bridgehead atoms. The molecule has 1 aliphatic heterocycles. The minimum atomic E-state index is -0.00313. The highest BCUT2D eigenvalue weighted by Gasteiger charge is 2.27. The Hall–Kier alpha value is -2.73. The van der Waals surface area contributed by atoms with Crippen molar-refractivity contribution in [2.24, 2.45) is 0 Å². The number of hydrogen-bond donors (Lipinski definition) is 0. The van der Waals surface area contributed by atoms with Gasteiger partial charge in [0.25, 0.3) is 11.6 Å². The highest BCUT2D eigenvalue weighted by atomic mass is 16.5. The second-order valence-electron chi connectivity index (χ2n) is 7.10. The zero-order chi connectivity index (χ0) is 19.0. The number of ether oxygens (including phenoxy) is 1. The van der Waals surface area contributed by atoms with E-state index < -0.39 is 0 Å². The molecule has 1 aromatic carbocycles. The molecule has 3 heterocycles. The third-order valence-electron chi connectivity index (χ3n) is 5.26. The van der Waals surface area contributed by atoms with Gasteiger partial charge in [-0.1, -0.05) is 35.0 Å². The number of methoxy groups -OCH3 is 1. The summed E-state index contributed by atoms with van der Waals surface area (Å²) in [7, 11) is 1.73. The fourth-order valence-electron chi connectivity index (χ4n) is 3.60. The summed E-state index contributed by atoms with van der Waals surface area (Å²) in [5.41, 5.74) is 4.53. The third kappa shape index (κ3) is 3.32. The number of amides is 1. The Morgan fingerprint density at radius 1 is 1.19 bits per heavy atom. The molecule has 140 valence electrons. The Bertz CT molecular complexity index is 970. The number of carbonyl (C=O) groups excluding carboxylic acids is 1. The lowest BCUT2D eigenvalue weighted by Crippen LogP contribution is -2.40. The van der Waals surface area contributed by atoms with Gasteiger partial charge in [-0.15, -0.1) is 0 Å². The number of likely N-dealkylation sites (tertiary alicyclic amines) is 1. The highest BCUT2D eigenvalue weighted by molar-refractivity contribution is 6.07. The van der Waals surface area contributed by atoms with E-state index in [-0.39, 0.29) is 12.0 Å². The summed E-state index contributed by atoms with van der Waals surface area (Å²) >= 11 is 0. The number of hydrogen-bond acceptors (Lipinski definition) is 5. The molecule has 0 unspecified atom stereocenters. The van der Waals surface area contributed by atoms with E-state index in [2.05, 4.69) is 10.1 Å². The van der Waals surface area contributed by atoms with Crippen LogP contribution in [0.2, 0.25) is 0 Å². The van der Waals surface area contributed by atoms with Gasteiger partial charge in [-0.3, -0.25) is 4.79 Å². The third-order valence-corrected chi connectivity index (χ3v) is 5.26. The van der Waals surface area contributed by atoms with Crippen LogP contribution in [-0.4, -0.2) is 47.3 Å². The molecular weight excluding hydrogens is 342 g/mol. The summed E-state index contributed by atoms with van der Waals surface area (Å²) in [6.07, 6.45) is 1.93. The van der Waals surface area contributed by atoms with Gasteiger partial charge in [-0.2, -0.15) is 0 Å². The molecular formula is C21H23N3O3. The first-order chi connectivity index (χ1) is 13.1. The second-order valence-corrected chi connectivity index (χ2v) is 7.10. The zero-order valence-corrected chi connectivity index (χ0v) is 15.9. The topological polar surface area (TPSA) is 68.5 Å². The number of pyridine rings is 1. The van der Waals surface area contributed by atoms with Gasteiger partial charge in [0, 0.05) is 25.8 Å². The summed E-state index contributed by atoms with van der Waals surface area (Å²) in [5.74, 6) is -0.00313. The van der Waals surface area contributed by atoms with Gasteiger partial charge in [0.15, 0.2) is 0 Å². The van der Waals surface area contributed by atoms with Gasteiger partial charge < -0.3 is 14.2 Å². The number of carbonyl (C=O) groups is 1. The molecule has 0 radical (unpaired) electrons. The van der Waals surface area contributed by atoms with Crippen LogP contribution in [0, 0.1) is 13.8 Å². The van der Waals surface area contributed by atoms with Crippen molar-refractivity contribution in [2.45, 2.75) is 32.8 Å². The fourth-order valence-corrected chi connectivity index (χ4v) is 3.60. The summed E-state index contributed by atoms with van der Waals surface area (Å²) in [5, 5.41) is 4.73. The minimum absolute atomic E-state index is 0.00313. The molecule has 1 aliphatic rings. The molecule has 1 saturated heterocycles. The number of nitrogens with zero attached hydrogens (tertiary/aromatic N) is 3. The van der Waals surface area contributed by atoms with E-state index in [1.165, 1.54) is 5.56 Å². The summed E-state index contributed by atoms with van der Waals surface area (Å²) in [6, 6.07) is 9.94. The predicted octanol–water partition coefficient (Wildman–Crippen LogP) is 3.76. The fraction of sp³-hybridized carbons (Fsp3) is 0.381. The lowest BCUT2D eigenvalue weighted by atomic mass is 10.0. The highest BCUT2D eigenvalue weighted by Crippen LogP contribution is 2.29. The standard InChI is InChI=1S/C21H23N3O3/c1-13-4-6-15(7-5-13)18-12-17(19-14(2)23-27-20(19)22-18)21(25)24-10-8-16(26-3)9-11-24/h4-7,12,16H,8-11H2,1-3H3. The molecule has 0 spiro atoms. The molecule has 1 fully saturated rings. The maximum Gasteiger partial charge on any atom is 0.259 e. The Kier molecular flexibility index (Phi) is 4.66. The molecule has 6 nitrogen and oxygen atoms in total. The van der Waals surface area contributed by atoms with Crippen LogP contribution in [0.5, 0.6) is 0 Å². The number of aryl methyl sites for hydroxylation is 2. The molecule has 27 heavy (non-hydrogen) atoms. The first kappa shape index (κ1) is 17.7. The van der Waals surface area contributed by atoms with Gasteiger partial charge in [0.05, 0.1) is 28.4 Å². The van der Waals surface area contributed by atoms with E-state index in [4.69, 9.17) is 9.26 Å². The zero-order valence-electron chi connectivity index (χ0n) is 15.9. The van der Waals surface area contributed by atoms with Crippen LogP contribution < -0.4 is 0 Å². The second kappa shape index (κ2) is 7.12. The van der Waals surface area contributed by atoms with Crippen molar-refractivity contribution < 1.29 is 14.1 Å². The number of rotatable bonds is 3. The van der Waals surface area contributed by atoms with Crippen molar-refractivity contribution in [3.8, 4) is 11.3 Å².